The predicted molar refractivity (Wildman–Crippen MR) is 97.8 cm³/mol. The average molecular weight is 361 g/mol. The molecule has 6 nitrogen and oxygen atoms in total. The molecule has 0 spiro atoms. The Bertz CT molecular complexity index is 795. The van der Waals surface area contributed by atoms with E-state index < -0.39 is 17.5 Å². The van der Waals surface area contributed by atoms with Crippen LogP contribution in [0.5, 0.6) is 0 Å². The lowest BCUT2D eigenvalue weighted by Gasteiger charge is -2.09. The van der Waals surface area contributed by atoms with Crippen molar-refractivity contribution in [3.63, 3.8) is 0 Å². The number of aryl methyl sites for hydroxylation is 1. The van der Waals surface area contributed by atoms with Crippen LogP contribution in [-0.4, -0.2) is 35.5 Å². The number of benzene rings is 1. The summed E-state index contributed by atoms with van der Waals surface area (Å²) in [6.07, 6.45) is 2.40. The lowest BCUT2D eigenvalue weighted by atomic mass is 10.2. The molecule has 2 aromatic rings. The zero-order chi connectivity index (χ0) is 18.9. The summed E-state index contributed by atoms with van der Waals surface area (Å²) in [6, 6.07) is 4.85. The second-order valence-electron chi connectivity index (χ2n) is 5.43. The van der Waals surface area contributed by atoms with Gasteiger partial charge in [-0.2, -0.15) is 0 Å². The first-order chi connectivity index (χ1) is 12.5. The van der Waals surface area contributed by atoms with E-state index in [0.717, 1.165) is 36.6 Å². The number of carbonyl (C=O) groups excluding carboxylic acids is 1. The average Bonchev–Trinajstić information content (AvgIpc) is 2.59. The Labute approximate surface area is 150 Å². The van der Waals surface area contributed by atoms with E-state index in [4.69, 9.17) is 0 Å². The van der Waals surface area contributed by atoms with E-state index in [1.807, 2.05) is 6.92 Å². The van der Waals surface area contributed by atoms with Gasteiger partial charge in [0.2, 0.25) is 5.91 Å². The number of halogens is 2. The number of amides is 1. The van der Waals surface area contributed by atoms with Gasteiger partial charge >= 0.3 is 0 Å². The highest BCUT2D eigenvalue weighted by Crippen LogP contribution is 2.11. The minimum absolute atomic E-state index is 0.0192. The van der Waals surface area contributed by atoms with Crippen molar-refractivity contribution in [3.8, 4) is 0 Å². The molecule has 8 heteroatoms. The summed E-state index contributed by atoms with van der Waals surface area (Å²) in [5, 5.41) is 8.85. The fourth-order valence-corrected chi connectivity index (χ4v) is 2.17. The maximum Gasteiger partial charge on any atom is 0.244 e. The standard InChI is InChI=1S/C18H21F2N5O/c1-3-21-16-11-17(25-12(2)24-16)22-8-9-23-18(26)7-4-13-10-14(19)5-6-15(13)20/h4-7,10-11H,3,8-9H2,1-2H3,(H,23,26)(H2,21,22,24,25)/b7-4+. The molecule has 3 N–H and O–H groups in total. The molecule has 0 bridgehead atoms. The van der Waals surface area contributed by atoms with E-state index in [9.17, 15) is 13.6 Å². The van der Waals surface area contributed by atoms with Gasteiger partial charge in [0.1, 0.15) is 29.1 Å². The molecule has 1 amide bonds. The van der Waals surface area contributed by atoms with Crippen molar-refractivity contribution in [2.45, 2.75) is 13.8 Å². The van der Waals surface area contributed by atoms with Crippen LogP contribution in [-0.2, 0) is 4.79 Å². The normalized spacial score (nSPS) is 10.8. The highest BCUT2D eigenvalue weighted by molar-refractivity contribution is 5.91. The van der Waals surface area contributed by atoms with Crippen LogP contribution in [0.1, 0.15) is 18.3 Å². The van der Waals surface area contributed by atoms with Gasteiger partial charge in [-0.05, 0) is 38.1 Å². The Hall–Kier alpha value is -3.03. The third kappa shape index (κ3) is 6.12. The van der Waals surface area contributed by atoms with Crippen molar-refractivity contribution in [2.75, 3.05) is 30.3 Å². The molecule has 1 aromatic heterocycles. The summed E-state index contributed by atoms with van der Waals surface area (Å²) >= 11 is 0. The fourth-order valence-electron chi connectivity index (χ4n) is 2.17. The second kappa shape index (κ2) is 9.45. The topological polar surface area (TPSA) is 78.9 Å². The number of hydrogen-bond donors (Lipinski definition) is 3. The van der Waals surface area contributed by atoms with E-state index in [2.05, 4.69) is 25.9 Å². The molecule has 0 fully saturated rings. The first-order valence-electron chi connectivity index (χ1n) is 8.22. The number of hydrogen-bond acceptors (Lipinski definition) is 5. The number of rotatable bonds is 8. The molecule has 0 radical (unpaired) electrons. The third-order valence-corrected chi connectivity index (χ3v) is 3.30. The van der Waals surface area contributed by atoms with Crippen molar-refractivity contribution in [3.05, 3.63) is 53.4 Å². The van der Waals surface area contributed by atoms with Crippen molar-refractivity contribution in [1.29, 1.82) is 0 Å². The maximum absolute atomic E-state index is 13.5. The quantitative estimate of drug-likeness (QED) is 0.498. The molecule has 0 aliphatic carbocycles. The summed E-state index contributed by atoms with van der Waals surface area (Å²) in [7, 11) is 0. The summed E-state index contributed by atoms with van der Waals surface area (Å²) in [5.41, 5.74) is 0.0192. The molecule has 0 saturated carbocycles. The van der Waals surface area contributed by atoms with Crippen molar-refractivity contribution in [2.24, 2.45) is 0 Å². The minimum Gasteiger partial charge on any atom is -0.370 e. The smallest absolute Gasteiger partial charge is 0.244 e. The summed E-state index contributed by atoms with van der Waals surface area (Å²) in [5.74, 6) is 0.463. The SMILES string of the molecule is CCNc1cc(NCCNC(=O)/C=C/c2cc(F)ccc2F)nc(C)n1. The Morgan fingerprint density at radius 1 is 1.12 bits per heavy atom. The van der Waals surface area contributed by atoms with Crippen LogP contribution >= 0.6 is 0 Å². The van der Waals surface area contributed by atoms with Crippen LogP contribution in [0.25, 0.3) is 6.08 Å². The number of anilines is 2. The first kappa shape index (κ1) is 19.3. The van der Waals surface area contributed by atoms with E-state index in [1.165, 1.54) is 6.08 Å². The van der Waals surface area contributed by atoms with Crippen LogP contribution in [0.4, 0.5) is 20.4 Å². The fraction of sp³-hybridized carbons (Fsp3) is 0.278. The lowest BCUT2D eigenvalue weighted by molar-refractivity contribution is -0.116. The Morgan fingerprint density at radius 2 is 1.85 bits per heavy atom. The first-order valence-corrected chi connectivity index (χ1v) is 8.22. The van der Waals surface area contributed by atoms with Gasteiger partial charge < -0.3 is 16.0 Å². The van der Waals surface area contributed by atoms with Crippen molar-refractivity contribution >= 4 is 23.6 Å². The molecular weight excluding hydrogens is 340 g/mol. The van der Waals surface area contributed by atoms with Gasteiger partial charge in [0.15, 0.2) is 0 Å². The van der Waals surface area contributed by atoms with Crippen molar-refractivity contribution in [1.82, 2.24) is 15.3 Å². The predicted octanol–water partition coefficient (Wildman–Crippen LogP) is 2.74. The summed E-state index contributed by atoms with van der Waals surface area (Å²) in [6.45, 7) is 5.32. The molecule has 0 aliphatic rings. The molecule has 26 heavy (non-hydrogen) atoms. The van der Waals surface area contributed by atoms with Crippen LogP contribution < -0.4 is 16.0 Å². The number of nitrogens with zero attached hydrogens (tertiary/aromatic N) is 2. The van der Waals surface area contributed by atoms with E-state index in [-0.39, 0.29) is 5.56 Å². The molecule has 1 heterocycles. The molecule has 2 rings (SSSR count). The largest absolute Gasteiger partial charge is 0.370 e. The lowest BCUT2D eigenvalue weighted by Crippen LogP contribution is -2.27. The van der Waals surface area contributed by atoms with E-state index in [1.54, 1.807) is 13.0 Å². The van der Waals surface area contributed by atoms with E-state index >= 15 is 0 Å². The van der Waals surface area contributed by atoms with E-state index in [0.29, 0.717) is 24.7 Å². The second-order valence-corrected chi connectivity index (χ2v) is 5.43. The van der Waals surface area contributed by atoms with Crippen LogP contribution in [0.15, 0.2) is 30.3 Å². The molecular formula is C18H21F2N5O. The zero-order valence-electron chi connectivity index (χ0n) is 14.6. The molecule has 0 unspecified atom stereocenters. The van der Waals surface area contributed by atoms with Gasteiger partial charge in [0, 0.05) is 37.3 Å². The highest BCUT2D eigenvalue weighted by Gasteiger charge is 2.03. The van der Waals surface area contributed by atoms with Crippen LogP contribution in [0.2, 0.25) is 0 Å². The summed E-state index contributed by atoms with van der Waals surface area (Å²) in [4.78, 5) is 20.2. The van der Waals surface area contributed by atoms with Crippen LogP contribution in [0.3, 0.4) is 0 Å². The maximum atomic E-state index is 13.5. The number of nitrogens with one attached hydrogen (secondary N) is 3. The van der Waals surface area contributed by atoms with Gasteiger partial charge in [0.05, 0.1) is 0 Å². The van der Waals surface area contributed by atoms with Gasteiger partial charge in [-0.15, -0.1) is 0 Å². The Morgan fingerprint density at radius 3 is 2.58 bits per heavy atom. The monoisotopic (exact) mass is 361 g/mol. The zero-order valence-corrected chi connectivity index (χ0v) is 14.6. The third-order valence-electron chi connectivity index (χ3n) is 3.30. The minimum atomic E-state index is -0.590. The van der Waals surface area contributed by atoms with Gasteiger partial charge in [-0.25, -0.2) is 18.7 Å². The molecule has 0 saturated heterocycles. The van der Waals surface area contributed by atoms with Gasteiger partial charge in [-0.3, -0.25) is 4.79 Å². The summed E-state index contributed by atoms with van der Waals surface area (Å²) < 4.78 is 26.5. The molecule has 0 aliphatic heterocycles. The Balaban J connectivity index is 1.80. The van der Waals surface area contributed by atoms with Gasteiger partial charge in [0.25, 0.3) is 0 Å². The highest BCUT2D eigenvalue weighted by atomic mass is 19.1. The molecule has 1 aromatic carbocycles. The number of aromatic nitrogens is 2. The molecule has 138 valence electrons. The van der Waals surface area contributed by atoms with Crippen LogP contribution in [0, 0.1) is 18.6 Å². The van der Waals surface area contributed by atoms with Crippen molar-refractivity contribution < 1.29 is 13.6 Å². The number of carbonyl (C=O) groups is 1. The molecule has 0 atom stereocenters. The van der Waals surface area contributed by atoms with Gasteiger partial charge in [-0.1, -0.05) is 0 Å². The Kier molecular flexibility index (Phi) is 7.02.